The van der Waals surface area contributed by atoms with Gasteiger partial charge < -0.3 is 10.5 Å². The van der Waals surface area contributed by atoms with Gasteiger partial charge in [-0.3, -0.25) is 0 Å². The molecule has 1 aromatic rings. The highest BCUT2D eigenvalue weighted by Crippen LogP contribution is 2.49. The van der Waals surface area contributed by atoms with E-state index >= 15 is 0 Å². The Kier molecular flexibility index (Phi) is 3.15. The van der Waals surface area contributed by atoms with Gasteiger partial charge in [0.25, 0.3) is 0 Å². The van der Waals surface area contributed by atoms with E-state index in [1.54, 1.807) is 0 Å². The zero-order chi connectivity index (χ0) is 11.6. The van der Waals surface area contributed by atoms with Crippen molar-refractivity contribution >= 4 is 17.2 Å². The second kappa shape index (κ2) is 4.42. The summed E-state index contributed by atoms with van der Waals surface area (Å²) < 4.78 is 5.80. The minimum Gasteiger partial charge on any atom is -0.493 e. The van der Waals surface area contributed by atoms with E-state index in [2.05, 4.69) is 19.1 Å². The van der Waals surface area contributed by atoms with Gasteiger partial charge in [-0.15, -0.1) is 0 Å². The average molecular weight is 235 g/mol. The molecule has 16 heavy (non-hydrogen) atoms. The van der Waals surface area contributed by atoms with Gasteiger partial charge in [0, 0.05) is 11.8 Å². The molecule has 0 spiro atoms. The number of aryl methyl sites for hydroxylation is 1. The Morgan fingerprint density at radius 2 is 2.25 bits per heavy atom. The molecule has 1 saturated carbocycles. The van der Waals surface area contributed by atoms with Crippen LogP contribution in [0.5, 0.6) is 5.75 Å². The van der Waals surface area contributed by atoms with Gasteiger partial charge in [-0.1, -0.05) is 24.4 Å². The van der Waals surface area contributed by atoms with Crippen LogP contribution in [0, 0.1) is 12.3 Å². The number of rotatable bonds is 5. The molecule has 0 unspecified atom stereocenters. The van der Waals surface area contributed by atoms with Crippen molar-refractivity contribution in [2.45, 2.75) is 26.2 Å². The maximum atomic E-state index is 5.80. The fourth-order valence-electron chi connectivity index (χ4n) is 1.86. The first-order valence-electron chi connectivity index (χ1n) is 5.57. The first kappa shape index (κ1) is 11.4. The van der Waals surface area contributed by atoms with E-state index in [1.807, 2.05) is 12.1 Å². The molecule has 3 heteroatoms. The van der Waals surface area contributed by atoms with Crippen molar-refractivity contribution in [3.05, 3.63) is 29.8 Å². The second-order valence-corrected chi connectivity index (χ2v) is 5.27. The summed E-state index contributed by atoms with van der Waals surface area (Å²) in [5.41, 5.74) is 7.04. The molecule has 1 fully saturated rings. The normalized spacial score (nSPS) is 16.8. The molecule has 1 aliphatic rings. The van der Waals surface area contributed by atoms with Crippen LogP contribution in [0.2, 0.25) is 0 Å². The summed E-state index contributed by atoms with van der Waals surface area (Å²) in [6.07, 6.45) is 3.17. The lowest BCUT2D eigenvalue weighted by atomic mass is 10.0. The third-order valence-corrected chi connectivity index (χ3v) is 3.19. The van der Waals surface area contributed by atoms with Crippen LogP contribution in [0.4, 0.5) is 0 Å². The molecule has 2 rings (SSSR count). The van der Waals surface area contributed by atoms with Crippen LogP contribution in [-0.4, -0.2) is 11.6 Å². The first-order chi connectivity index (χ1) is 7.60. The van der Waals surface area contributed by atoms with E-state index < -0.39 is 0 Å². The highest BCUT2D eigenvalue weighted by atomic mass is 32.1. The summed E-state index contributed by atoms with van der Waals surface area (Å²) in [6.45, 7) is 2.79. The lowest BCUT2D eigenvalue weighted by molar-refractivity contribution is 0.239. The number of nitrogens with two attached hydrogens (primary N) is 1. The van der Waals surface area contributed by atoms with Gasteiger partial charge in [0.2, 0.25) is 0 Å². The first-order valence-corrected chi connectivity index (χ1v) is 5.98. The van der Waals surface area contributed by atoms with E-state index in [9.17, 15) is 0 Å². The summed E-state index contributed by atoms with van der Waals surface area (Å²) in [5.74, 6) is 0.939. The topological polar surface area (TPSA) is 35.2 Å². The Hall–Kier alpha value is -1.09. The van der Waals surface area contributed by atoms with Gasteiger partial charge in [0.15, 0.2) is 0 Å². The summed E-state index contributed by atoms with van der Waals surface area (Å²) >= 11 is 4.96. The molecular weight excluding hydrogens is 218 g/mol. The molecule has 1 aliphatic carbocycles. The van der Waals surface area contributed by atoms with Crippen molar-refractivity contribution in [3.8, 4) is 5.75 Å². The Balaban J connectivity index is 1.90. The van der Waals surface area contributed by atoms with Crippen LogP contribution in [0.25, 0.3) is 0 Å². The van der Waals surface area contributed by atoms with Crippen LogP contribution >= 0.6 is 12.2 Å². The van der Waals surface area contributed by atoms with E-state index in [4.69, 9.17) is 22.7 Å². The molecular formula is C13H17NOS. The molecule has 1 aromatic carbocycles. The van der Waals surface area contributed by atoms with Crippen molar-refractivity contribution in [3.63, 3.8) is 0 Å². The maximum Gasteiger partial charge on any atom is 0.119 e. The zero-order valence-electron chi connectivity index (χ0n) is 9.53. The SMILES string of the molecule is Cc1cccc(OCC2(CC(N)=S)CC2)c1. The van der Waals surface area contributed by atoms with E-state index in [0.717, 1.165) is 18.8 Å². The molecule has 0 aromatic heterocycles. The predicted molar refractivity (Wildman–Crippen MR) is 69.7 cm³/mol. The number of thiocarbonyl (C=S) groups is 1. The Labute approximate surface area is 102 Å². The van der Waals surface area contributed by atoms with Crippen molar-refractivity contribution in [1.29, 1.82) is 0 Å². The van der Waals surface area contributed by atoms with E-state index in [-0.39, 0.29) is 5.41 Å². The molecule has 0 aliphatic heterocycles. The molecule has 0 radical (unpaired) electrons. The molecule has 86 valence electrons. The predicted octanol–water partition coefficient (Wildman–Crippen LogP) is 2.83. The Morgan fingerprint density at radius 3 is 2.81 bits per heavy atom. The standard InChI is InChI=1S/C13H17NOS/c1-10-3-2-4-11(7-10)15-9-13(5-6-13)8-12(14)16/h2-4,7H,5-6,8-9H2,1H3,(H2,14,16). The van der Waals surface area contributed by atoms with Crippen LogP contribution < -0.4 is 10.5 Å². The van der Waals surface area contributed by atoms with Gasteiger partial charge in [-0.2, -0.15) is 0 Å². The van der Waals surface area contributed by atoms with Crippen LogP contribution in [0.3, 0.4) is 0 Å². The summed E-state index contributed by atoms with van der Waals surface area (Å²) in [7, 11) is 0. The van der Waals surface area contributed by atoms with Crippen molar-refractivity contribution in [2.75, 3.05) is 6.61 Å². The highest BCUT2D eigenvalue weighted by molar-refractivity contribution is 7.80. The van der Waals surface area contributed by atoms with Crippen LogP contribution in [0.15, 0.2) is 24.3 Å². The Bertz CT molecular complexity index is 399. The van der Waals surface area contributed by atoms with E-state index in [0.29, 0.717) is 4.99 Å². The quantitative estimate of drug-likeness (QED) is 0.797. The van der Waals surface area contributed by atoms with Crippen molar-refractivity contribution < 1.29 is 4.74 Å². The lowest BCUT2D eigenvalue weighted by Crippen LogP contribution is -2.20. The fraction of sp³-hybridized carbons (Fsp3) is 0.462. The summed E-state index contributed by atoms with van der Waals surface area (Å²) in [4.78, 5) is 0.602. The molecule has 0 saturated heterocycles. The fourth-order valence-corrected chi connectivity index (χ4v) is 2.17. The molecule has 0 heterocycles. The van der Waals surface area contributed by atoms with Gasteiger partial charge in [0.1, 0.15) is 5.75 Å². The van der Waals surface area contributed by atoms with Crippen molar-refractivity contribution in [1.82, 2.24) is 0 Å². The summed E-state index contributed by atoms with van der Waals surface area (Å²) in [6, 6.07) is 8.12. The lowest BCUT2D eigenvalue weighted by Gasteiger charge is -2.15. The zero-order valence-corrected chi connectivity index (χ0v) is 10.3. The van der Waals surface area contributed by atoms with Gasteiger partial charge in [-0.25, -0.2) is 0 Å². The number of ether oxygens (including phenoxy) is 1. The van der Waals surface area contributed by atoms with Gasteiger partial charge in [0.05, 0.1) is 11.6 Å². The number of benzene rings is 1. The smallest absolute Gasteiger partial charge is 0.119 e. The number of hydrogen-bond acceptors (Lipinski definition) is 2. The second-order valence-electron chi connectivity index (χ2n) is 4.75. The minimum absolute atomic E-state index is 0.232. The minimum atomic E-state index is 0.232. The molecule has 2 N–H and O–H groups in total. The van der Waals surface area contributed by atoms with E-state index in [1.165, 1.54) is 18.4 Å². The number of hydrogen-bond donors (Lipinski definition) is 1. The Morgan fingerprint density at radius 1 is 1.50 bits per heavy atom. The third-order valence-electron chi connectivity index (χ3n) is 3.04. The summed E-state index contributed by atoms with van der Waals surface area (Å²) in [5, 5.41) is 0. The largest absolute Gasteiger partial charge is 0.493 e. The van der Waals surface area contributed by atoms with Gasteiger partial charge in [-0.05, 0) is 37.5 Å². The average Bonchev–Trinajstić information content (AvgIpc) is 2.95. The van der Waals surface area contributed by atoms with Gasteiger partial charge >= 0.3 is 0 Å². The molecule has 0 amide bonds. The molecule has 0 atom stereocenters. The van der Waals surface area contributed by atoms with Crippen molar-refractivity contribution in [2.24, 2.45) is 11.1 Å². The van der Waals surface area contributed by atoms with Crippen LogP contribution in [-0.2, 0) is 0 Å². The highest BCUT2D eigenvalue weighted by Gasteiger charge is 2.43. The third kappa shape index (κ3) is 2.95. The molecule has 2 nitrogen and oxygen atoms in total. The maximum absolute atomic E-state index is 5.80. The van der Waals surface area contributed by atoms with Crippen LogP contribution in [0.1, 0.15) is 24.8 Å². The monoisotopic (exact) mass is 235 g/mol. The molecule has 0 bridgehead atoms.